The molecule has 43 heavy (non-hydrogen) atoms. The van der Waals surface area contributed by atoms with E-state index in [2.05, 4.69) is 51.6 Å². The second-order valence-corrected chi connectivity index (χ2v) is 12.6. The number of carbonyl (C=O) groups excluding carboxylic acids is 1. The zero-order chi connectivity index (χ0) is 29.4. The number of piperidine rings is 1. The summed E-state index contributed by atoms with van der Waals surface area (Å²) >= 11 is 0. The first-order chi connectivity index (χ1) is 20.9. The van der Waals surface area contributed by atoms with Gasteiger partial charge in [0.1, 0.15) is 16.9 Å². The number of hydrogen-bond donors (Lipinski definition) is 2. The standard InChI is InChI=1S/C34H37N7O2/c1-39-31-26(13-24(15-29(31)43-2)34(42)41-18-23-10-12-27(41)30(23)36)38-33(39)28-14-22-9-11-25(21-7-5-19(16-35)6-8-21)37-32(22)40(28)17-20-3-4-20/h5-9,11,13-15,20,23,27,30H,3-4,10,12,16-18,35-36H2,1-2H3/t23?,27?,30-/m1/s1. The summed E-state index contributed by atoms with van der Waals surface area (Å²) in [6.07, 6.45) is 4.53. The van der Waals surface area contributed by atoms with Crippen molar-refractivity contribution in [1.82, 2.24) is 24.0 Å². The molecular formula is C34H37N7O2. The number of ether oxygens (including phenoxy) is 1. The molecule has 8 rings (SSSR count). The lowest BCUT2D eigenvalue weighted by Gasteiger charge is -2.27. The second-order valence-electron chi connectivity index (χ2n) is 12.6. The van der Waals surface area contributed by atoms with Crippen LogP contribution in [0.15, 0.2) is 54.6 Å². The van der Waals surface area contributed by atoms with Gasteiger partial charge in [-0.1, -0.05) is 24.3 Å². The van der Waals surface area contributed by atoms with Crippen molar-refractivity contribution in [3.63, 3.8) is 0 Å². The molecule has 2 aliphatic carbocycles. The van der Waals surface area contributed by atoms with Crippen LogP contribution >= 0.6 is 0 Å². The van der Waals surface area contributed by atoms with E-state index >= 15 is 0 Å². The van der Waals surface area contributed by atoms with Crippen LogP contribution in [0.2, 0.25) is 0 Å². The van der Waals surface area contributed by atoms with E-state index < -0.39 is 0 Å². The van der Waals surface area contributed by atoms with Gasteiger partial charge in [0.05, 0.1) is 24.0 Å². The quantitative estimate of drug-likeness (QED) is 0.291. The minimum Gasteiger partial charge on any atom is -0.494 e. The Morgan fingerprint density at radius 3 is 2.51 bits per heavy atom. The van der Waals surface area contributed by atoms with Gasteiger partial charge in [-0.3, -0.25) is 4.79 Å². The van der Waals surface area contributed by atoms with Gasteiger partial charge >= 0.3 is 0 Å². The maximum Gasteiger partial charge on any atom is 0.254 e. The fourth-order valence-corrected chi connectivity index (χ4v) is 7.29. The van der Waals surface area contributed by atoms with Gasteiger partial charge < -0.3 is 30.2 Å². The van der Waals surface area contributed by atoms with Crippen LogP contribution in [0.1, 0.15) is 41.6 Å². The van der Waals surface area contributed by atoms with Gasteiger partial charge in [0, 0.05) is 55.3 Å². The predicted octanol–water partition coefficient (Wildman–Crippen LogP) is 4.70. The maximum atomic E-state index is 13.7. The highest BCUT2D eigenvalue weighted by Gasteiger charge is 2.47. The number of rotatable bonds is 7. The maximum absolute atomic E-state index is 13.7. The zero-order valence-corrected chi connectivity index (χ0v) is 24.7. The topological polar surface area (TPSA) is 117 Å². The van der Waals surface area contributed by atoms with Crippen LogP contribution in [0.3, 0.4) is 0 Å². The van der Waals surface area contributed by atoms with Crippen molar-refractivity contribution in [3.05, 3.63) is 65.7 Å². The Morgan fingerprint density at radius 2 is 1.84 bits per heavy atom. The number of benzene rings is 2. The van der Waals surface area contributed by atoms with Gasteiger partial charge in [-0.05, 0) is 73.4 Å². The first kappa shape index (κ1) is 26.4. The molecule has 9 nitrogen and oxygen atoms in total. The molecule has 5 aromatic rings. The molecule has 3 aromatic heterocycles. The smallest absolute Gasteiger partial charge is 0.254 e. The second kappa shape index (κ2) is 9.92. The minimum atomic E-state index is 0.00845. The van der Waals surface area contributed by atoms with Crippen molar-refractivity contribution >= 4 is 28.0 Å². The van der Waals surface area contributed by atoms with Gasteiger partial charge in [-0.2, -0.15) is 0 Å². The number of pyridine rings is 1. The summed E-state index contributed by atoms with van der Waals surface area (Å²) in [5, 5.41) is 1.08. The van der Waals surface area contributed by atoms with Crippen molar-refractivity contribution in [3.8, 4) is 28.5 Å². The average molecular weight is 576 g/mol. The number of nitrogens with two attached hydrogens (primary N) is 2. The molecule has 2 saturated carbocycles. The monoisotopic (exact) mass is 575 g/mol. The zero-order valence-electron chi connectivity index (χ0n) is 24.7. The number of aromatic nitrogens is 4. The lowest BCUT2D eigenvalue weighted by molar-refractivity contribution is 0.0700. The van der Waals surface area contributed by atoms with Gasteiger partial charge in [0.2, 0.25) is 0 Å². The molecule has 3 aliphatic rings. The molecule has 4 N–H and O–H groups in total. The number of carbonyl (C=O) groups is 1. The summed E-state index contributed by atoms with van der Waals surface area (Å²) in [5.74, 6) is 2.51. The van der Waals surface area contributed by atoms with E-state index in [-0.39, 0.29) is 18.0 Å². The van der Waals surface area contributed by atoms with Crippen LogP contribution in [-0.4, -0.2) is 55.6 Å². The number of amides is 1. The Bertz CT molecular complexity index is 1880. The third kappa shape index (κ3) is 4.24. The van der Waals surface area contributed by atoms with E-state index in [1.165, 1.54) is 12.8 Å². The molecule has 2 unspecified atom stereocenters. The minimum absolute atomic E-state index is 0.00845. The van der Waals surface area contributed by atoms with Crippen LogP contribution in [0.5, 0.6) is 5.75 Å². The van der Waals surface area contributed by atoms with E-state index in [1.807, 2.05) is 24.1 Å². The van der Waals surface area contributed by atoms with Crippen molar-refractivity contribution < 1.29 is 9.53 Å². The van der Waals surface area contributed by atoms with E-state index in [0.29, 0.717) is 29.7 Å². The third-order valence-electron chi connectivity index (χ3n) is 9.91. The summed E-state index contributed by atoms with van der Waals surface area (Å²) in [6, 6.07) is 18.7. The Kier molecular flexibility index (Phi) is 6.10. The lowest BCUT2D eigenvalue weighted by Crippen LogP contribution is -2.41. The number of fused-ring (bicyclic) bond motifs is 4. The molecule has 9 heteroatoms. The first-order valence-corrected chi connectivity index (χ1v) is 15.3. The van der Waals surface area contributed by atoms with Gasteiger partial charge in [-0.15, -0.1) is 0 Å². The Balaban J connectivity index is 1.23. The third-order valence-corrected chi connectivity index (χ3v) is 9.91. The summed E-state index contributed by atoms with van der Waals surface area (Å²) in [5.41, 5.74) is 19.5. The molecule has 2 bridgehead atoms. The van der Waals surface area contributed by atoms with Crippen molar-refractivity contribution in [2.24, 2.45) is 30.4 Å². The van der Waals surface area contributed by atoms with E-state index in [0.717, 1.165) is 76.3 Å². The van der Waals surface area contributed by atoms with Crippen molar-refractivity contribution in [1.29, 1.82) is 0 Å². The molecule has 1 saturated heterocycles. The number of likely N-dealkylation sites (tertiary alicyclic amines) is 1. The average Bonchev–Trinajstić information content (AvgIpc) is 3.44. The van der Waals surface area contributed by atoms with Crippen LogP contribution < -0.4 is 16.2 Å². The molecule has 0 radical (unpaired) electrons. The molecular weight excluding hydrogens is 538 g/mol. The van der Waals surface area contributed by atoms with E-state index in [9.17, 15) is 4.79 Å². The number of aryl methyl sites for hydroxylation is 1. The predicted molar refractivity (Wildman–Crippen MR) is 168 cm³/mol. The van der Waals surface area contributed by atoms with Crippen LogP contribution in [0, 0.1) is 11.8 Å². The summed E-state index contributed by atoms with van der Waals surface area (Å²) in [4.78, 5) is 26.0. The van der Waals surface area contributed by atoms with Gasteiger partial charge in [-0.25, -0.2) is 9.97 Å². The summed E-state index contributed by atoms with van der Waals surface area (Å²) in [7, 11) is 3.67. The highest BCUT2D eigenvalue weighted by molar-refractivity contribution is 6.00. The number of hydrogen-bond acceptors (Lipinski definition) is 6. The number of methoxy groups -OCH3 is 1. The molecule has 3 fully saturated rings. The molecule has 220 valence electrons. The van der Waals surface area contributed by atoms with E-state index in [4.69, 9.17) is 26.2 Å². The Hall–Kier alpha value is -4.21. The van der Waals surface area contributed by atoms with Crippen LogP contribution in [0.4, 0.5) is 0 Å². The van der Waals surface area contributed by atoms with Crippen LogP contribution in [0.25, 0.3) is 44.8 Å². The highest BCUT2D eigenvalue weighted by Crippen LogP contribution is 2.40. The summed E-state index contributed by atoms with van der Waals surface area (Å²) in [6.45, 7) is 2.14. The SMILES string of the molecule is COc1cc(C(=O)N2CC3CCC2[C@@H]3N)cc2nc(-c3cc4ccc(-c5ccc(CN)cc5)nc4n3CC3CC3)n(C)c12. The van der Waals surface area contributed by atoms with Crippen molar-refractivity contribution in [2.45, 2.75) is 50.9 Å². The normalized spacial score (nSPS) is 21.4. The molecule has 1 amide bonds. The lowest BCUT2D eigenvalue weighted by atomic mass is 10.1. The highest BCUT2D eigenvalue weighted by atomic mass is 16.5. The van der Waals surface area contributed by atoms with Gasteiger partial charge in [0.25, 0.3) is 5.91 Å². The van der Waals surface area contributed by atoms with Crippen LogP contribution in [-0.2, 0) is 20.1 Å². The number of imidazole rings is 1. The Labute approximate surface area is 250 Å². The van der Waals surface area contributed by atoms with E-state index in [1.54, 1.807) is 7.11 Å². The molecule has 2 aromatic carbocycles. The first-order valence-electron chi connectivity index (χ1n) is 15.3. The fourth-order valence-electron chi connectivity index (χ4n) is 7.29. The summed E-state index contributed by atoms with van der Waals surface area (Å²) < 4.78 is 10.3. The number of nitrogens with zero attached hydrogens (tertiary/aromatic N) is 5. The van der Waals surface area contributed by atoms with Crippen molar-refractivity contribution in [2.75, 3.05) is 13.7 Å². The molecule has 3 atom stereocenters. The molecule has 4 heterocycles. The largest absolute Gasteiger partial charge is 0.494 e. The van der Waals surface area contributed by atoms with Gasteiger partial charge in [0.15, 0.2) is 5.82 Å². The molecule has 1 aliphatic heterocycles. The fraction of sp³-hybridized carbons (Fsp3) is 0.382. The molecule has 0 spiro atoms. The Morgan fingerprint density at radius 1 is 1.02 bits per heavy atom.